The molecule has 1 N–H and O–H groups in total. The summed E-state index contributed by atoms with van der Waals surface area (Å²) in [6, 6.07) is 2.35. The molecular weight excluding hydrogens is 339 g/mol. The molecule has 0 spiro atoms. The number of esters is 1. The van der Waals surface area contributed by atoms with Gasteiger partial charge in [0, 0.05) is 18.1 Å². The zero-order valence-electron chi connectivity index (χ0n) is 13.2. The van der Waals surface area contributed by atoms with Crippen molar-refractivity contribution in [2.45, 2.75) is 20.4 Å². The van der Waals surface area contributed by atoms with E-state index in [0.717, 1.165) is 6.07 Å². The van der Waals surface area contributed by atoms with Gasteiger partial charge in [0.1, 0.15) is 17.9 Å². The van der Waals surface area contributed by atoms with Gasteiger partial charge in [0.15, 0.2) is 0 Å². The number of rotatable bonds is 5. The Labute approximate surface area is 142 Å². The minimum Gasteiger partial charge on any atom is -0.465 e. The summed E-state index contributed by atoms with van der Waals surface area (Å²) >= 11 is 5.76. The highest BCUT2D eigenvalue weighted by molar-refractivity contribution is 6.31. The van der Waals surface area contributed by atoms with E-state index < -0.39 is 23.1 Å². The van der Waals surface area contributed by atoms with Crippen molar-refractivity contribution in [3.8, 4) is 0 Å². The molecule has 128 valence electrons. The standard InChI is InChI=1S/C16H16ClFN2O4/c1-3-20-8-10(16(23)19-7-14(21)24-4-2)15(22)9-5-12(18)11(17)6-13(9)20/h5-6,8H,3-4,7H2,1-2H3,(H,19,23). The molecule has 0 aliphatic carbocycles. The molecule has 0 aliphatic heterocycles. The van der Waals surface area contributed by atoms with Crippen LogP contribution in [0.4, 0.5) is 4.39 Å². The highest BCUT2D eigenvalue weighted by Crippen LogP contribution is 2.21. The quantitative estimate of drug-likeness (QED) is 0.834. The Bertz CT molecular complexity index is 863. The second-order valence-corrected chi connectivity index (χ2v) is 5.34. The van der Waals surface area contributed by atoms with Crippen LogP contribution in [-0.4, -0.2) is 29.6 Å². The van der Waals surface area contributed by atoms with Crippen molar-refractivity contribution in [1.29, 1.82) is 0 Å². The summed E-state index contributed by atoms with van der Waals surface area (Å²) in [6.07, 6.45) is 1.36. The van der Waals surface area contributed by atoms with Crippen LogP contribution in [0.15, 0.2) is 23.1 Å². The number of ether oxygens (including phenoxy) is 1. The second-order valence-electron chi connectivity index (χ2n) is 4.93. The zero-order chi connectivity index (χ0) is 17.9. The molecule has 1 heterocycles. The largest absolute Gasteiger partial charge is 0.465 e. The Balaban J connectivity index is 2.46. The van der Waals surface area contributed by atoms with E-state index in [1.165, 1.54) is 12.3 Å². The fourth-order valence-electron chi connectivity index (χ4n) is 2.27. The summed E-state index contributed by atoms with van der Waals surface area (Å²) in [4.78, 5) is 36.0. The number of fused-ring (bicyclic) bond motifs is 1. The number of amides is 1. The number of pyridine rings is 1. The molecule has 1 aromatic heterocycles. The van der Waals surface area contributed by atoms with E-state index in [-0.39, 0.29) is 29.1 Å². The number of nitrogens with zero attached hydrogens (tertiary/aromatic N) is 1. The maximum absolute atomic E-state index is 13.7. The number of hydrogen-bond acceptors (Lipinski definition) is 4. The minimum absolute atomic E-state index is 0.0440. The molecule has 0 fully saturated rings. The third-order valence-corrected chi connectivity index (χ3v) is 3.70. The van der Waals surface area contributed by atoms with Gasteiger partial charge < -0.3 is 14.6 Å². The van der Waals surface area contributed by atoms with E-state index in [1.54, 1.807) is 11.5 Å². The van der Waals surface area contributed by atoms with Crippen molar-refractivity contribution in [1.82, 2.24) is 9.88 Å². The maximum atomic E-state index is 13.7. The number of aryl methyl sites for hydroxylation is 1. The number of aromatic nitrogens is 1. The van der Waals surface area contributed by atoms with Gasteiger partial charge in [-0.15, -0.1) is 0 Å². The van der Waals surface area contributed by atoms with Crippen molar-refractivity contribution in [2.24, 2.45) is 0 Å². The molecule has 0 saturated carbocycles. The summed E-state index contributed by atoms with van der Waals surface area (Å²) in [6.45, 7) is 3.72. The predicted octanol–water partition coefficient (Wildman–Crippen LogP) is 2.11. The summed E-state index contributed by atoms with van der Waals surface area (Å²) in [5.41, 5.74) is -0.391. The first-order chi connectivity index (χ1) is 11.4. The third-order valence-electron chi connectivity index (χ3n) is 3.41. The van der Waals surface area contributed by atoms with E-state index in [4.69, 9.17) is 16.3 Å². The SMILES string of the molecule is CCOC(=O)CNC(=O)c1cn(CC)c2cc(Cl)c(F)cc2c1=O. The molecular formula is C16H16ClFN2O4. The van der Waals surface area contributed by atoms with Gasteiger partial charge in [0.2, 0.25) is 5.43 Å². The Morgan fingerprint density at radius 1 is 1.33 bits per heavy atom. The lowest BCUT2D eigenvalue weighted by molar-refractivity contribution is -0.141. The molecule has 2 aromatic rings. The Hall–Kier alpha value is -2.41. The number of halogens is 2. The summed E-state index contributed by atoms with van der Waals surface area (Å²) in [7, 11) is 0. The number of carbonyl (C=O) groups is 2. The molecule has 1 aromatic carbocycles. The molecule has 0 bridgehead atoms. The van der Waals surface area contributed by atoms with Crippen LogP contribution in [-0.2, 0) is 16.1 Å². The lowest BCUT2D eigenvalue weighted by atomic mass is 10.1. The molecule has 2 rings (SSSR count). The van der Waals surface area contributed by atoms with Gasteiger partial charge in [0.05, 0.1) is 17.1 Å². The summed E-state index contributed by atoms with van der Waals surface area (Å²) < 4.78 is 20.0. The smallest absolute Gasteiger partial charge is 0.325 e. The van der Waals surface area contributed by atoms with Crippen molar-refractivity contribution in [2.75, 3.05) is 13.2 Å². The lowest BCUT2D eigenvalue weighted by Gasteiger charge is -2.12. The van der Waals surface area contributed by atoms with Crippen molar-refractivity contribution < 1.29 is 18.7 Å². The molecule has 6 nitrogen and oxygen atoms in total. The van der Waals surface area contributed by atoms with Crippen molar-refractivity contribution in [3.63, 3.8) is 0 Å². The van der Waals surface area contributed by atoms with Crippen LogP contribution in [0, 0.1) is 5.82 Å². The van der Waals surface area contributed by atoms with E-state index >= 15 is 0 Å². The van der Waals surface area contributed by atoms with Crippen LogP contribution < -0.4 is 10.7 Å². The van der Waals surface area contributed by atoms with Gasteiger partial charge in [-0.2, -0.15) is 0 Å². The monoisotopic (exact) mass is 354 g/mol. The van der Waals surface area contributed by atoms with Crippen LogP contribution in [0.3, 0.4) is 0 Å². The topological polar surface area (TPSA) is 77.4 Å². The summed E-state index contributed by atoms with van der Waals surface area (Å²) in [5, 5.41) is 2.26. The lowest BCUT2D eigenvalue weighted by Crippen LogP contribution is -2.34. The van der Waals surface area contributed by atoms with E-state index in [1.807, 2.05) is 6.92 Å². The molecule has 0 atom stereocenters. The zero-order valence-corrected chi connectivity index (χ0v) is 13.9. The first-order valence-corrected chi connectivity index (χ1v) is 7.72. The highest BCUT2D eigenvalue weighted by Gasteiger charge is 2.17. The maximum Gasteiger partial charge on any atom is 0.325 e. The molecule has 0 saturated heterocycles. The molecule has 8 heteroatoms. The Morgan fingerprint density at radius 2 is 2.04 bits per heavy atom. The van der Waals surface area contributed by atoms with Gasteiger partial charge in [-0.3, -0.25) is 14.4 Å². The highest BCUT2D eigenvalue weighted by atomic mass is 35.5. The van der Waals surface area contributed by atoms with Gasteiger partial charge in [0.25, 0.3) is 5.91 Å². The molecule has 0 aliphatic rings. The van der Waals surface area contributed by atoms with Gasteiger partial charge in [-0.25, -0.2) is 4.39 Å². The van der Waals surface area contributed by atoms with Crippen LogP contribution in [0.1, 0.15) is 24.2 Å². The van der Waals surface area contributed by atoms with Crippen LogP contribution in [0.5, 0.6) is 0 Å². The van der Waals surface area contributed by atoms with Gasteiger partial charge in [-0.05, 0) is 26.0 Å². The second kappa shape index (κ2) is 7.44. The van der Waals surface area contributed by atoms with E-state index in [0.29, 0.717) is 12.1 Å². The number of nitrogens with one attached hydrogen (secondary N) is 1. The summed E-state index contributed by atoms with van der Waals surface area (Å²) in [5.74, 6) is -2.08. The van der Waals surface area contributed by atoms with Crippen LogP contribution in [0.25, 0.3) is 10.9 Å². The van der Waals surface area contributed by atoms with Crippen LogP contribution in [0.2, 0.25) is 5.02 Å². The Morgan fingerprint density at radius 3 is 2.67 bits per heavy atom. The number of hydrogen-bond donors (Lipinski definition) is 1. The molecule has 0 unspecified atom stereocenters. The van der Waals surface area contributed by atoms with Gasteiger partial charge in [-0.1, -0.05) is 11.6 Å². The number of benzene rings is 1. The van der Waals surface area contributed by atoms with E-state index in [9.17, 15) is 18.8 Å². The molecule has 0 radical (unpaired) electrons. The molecule has 1 amide bonds. The van der Waals surface area contributed by atoms with Crippen LogP contribution >= 0.6 is 11.6 Å². The van der Waals surface area contributed by atoms with E-state index in [2.05, 4.69) is 5.32 Å². The third kappa shape index (κ3) is 3.56. The fourth-order valence-corrected chi connectivity index (χ4v) is 2.43. The fraction of sp³-hybridized carbons (Fsp3) is 0.312. The normalized spacial score (nSPS) is 10.7. The average Bonchev–Trinajstić information content (AvgIpc) is 2.55. The van der Waals surface area contributed by atoms with Crippen molar-refractivity contribution >= 4 is 34.4 Å². The Kier molecular flexibility index (Phi) is 5.56. The average molecular weight is 355 g/mol. The number of carbonyl (C=O) groups excluding carboxylic acids is 2. The first kappa shape index (κ1) is 17.9. The first-order valence-electron chi connectivity index (χ1n) is 7.35. The van der Waals surface area contributed by atoms with Crippen molar-refractivity contribution in [3.05, 3.63) is 45.0 Å². The molecule has 24 heavy (non-hydrogen) atoms. The van der Waals surface area contributed by atoms with Gasteiger partial charge >= 0.3 is 5.97 Å². The minimum atomic E-state index is -0.743. The predicted molar refractivity (Wildman–Crippen MR) is 87.8 cm³/mol.